The molecule has 0 saturated carbocycles. The second kappa shape index (κ2) is 5.54. The van der Waals surface area contributed by atoms with Gasteiger partial charge in [0.1, 0.15) is 22.5 Å². The first-order chi connectivity index (χ1) is 8.97. The second-order valence-corrected chi connectivity index (χ2v) is 5.07. The van der Waals surface area contributed by atoms with Crippen LogP contribution in [0.25, 0.3) is 0 Å². The van der Waals surface area contributed by atoms with Crippen LogP contribution in [0.1, 0.15) is 5.56 Å². The van der Waals surface area contributed by atoms with Crippen molar-refractivity contribution in [3.8, 4) is 0 Å². The van der Waals surface area contributed by atoms with E-state index in [4.69, 9.17) is 22.7 Å². The van der Waals surface area contributed by atoms with Crippen molar-refractivity contribution >= 4 is 29.2 Å². The van der Waals surface area contributed by atoms with E-state index in [2.05, 4.69) is 4.98 Å². The molecule has 0 radical (unpaired) electrons. The highest BCUT2D eigenvalue weighted by atomic mass is 35.5. The minimum Gasteiger partial charge on any atom is -0.384 e. The van der Waals surface area contributed by atoms with Crippen molar-refractivity contribution in [3.63, 3.8) is 0 Å². The van der Waals surface area contributed by atoms with Gasteiger partial charge in [0.15, 0.2) is 0 Å². The van der Waals surface area contributed by atoms with E-state index in [0.717, 1.165) is 23.9 Å². The van der Waals surface area contributed by atoms with E-state index < -0.39 is 11.6 Å². The van der Waals surface area contributed by atoms with Gasteiger partial charge < -0.3 is 5.73 Å². The van der Waals surface area contributed by atoms with Crippen LogP contribution in [-0.2, 0) is 0 Å². The van der Waals surface area contributed by atoms with E-state index in [1.165, 1.54) is 6.20 Å². The van der Waals surface area contributed by atoms with Gasteiger partial charge in [0.25, 0.3) is 0 Å². The zero-order valence-corrected chi connectivity index (χ0v) is 11.0. The van der Waals surface area contributed by atoms with Crippen molar-refractivity contribution < 1.29 is 8.78 Å². The number of halogens is 3. The number of aromatic nitrogens is 1. The van der Waals surface area contributed by atoms with Gasteiger partial charge in [0.2, 0.25) is 0 Å². The van der Waals surface area contributed by atoms with Crippen molar-refractivity contribution in [2.45, 2.75) is 9.92 Å². The fraction of sp³-hybridized carbons (Fsp3) is 0. The van der Waals surface area contributed by atoms with E-state index in [-0.39, 0.29) is 16.3 Å². The third-order valence-corrected chi connectivity index (χ3v) is 3.48. The molecule has 1 heterocycles. The molecule has 0 unspecified atom stereocenters. The Kier molecular flexibility index (Phi) is 4.01. The Hall–Kier alpha value is -1.66. The molecule has 0 aliphatic carbocycles. The number of nitrogens with zero attached hydrogens (tertiary/aromatic N) is 1. The standard InChI is InChI=1S/C12H8ClF2N3S/c13-7-1-2-10(18-5-7)19-11-8(14)3-6(12(16)17)4-9(11)15/h1-5H,(H3,16,17). The van der Waals surface area contributed by atoms with E-state index >= 15 is 0 Å². The third kappa shape index (κ3) is 3.21. The van der Waals surface area contributed by atoms with Crippen LogP contribution in [0.15, 0.2) is 40.4 Å². The minimum atomic E-state index is -0.785. The number of rotatable bonds is 3. The van der Waals surface area contributed by atoms with Crippen LogP contribution in [0.3, 0.4) is 0 Å². The van der Waals surface area contributed by atoms with E-state index in [1.807, 2.05) is 0 Å². The van der Waals surface area contributed by atoms with Gasteiger partial charge in [-0.15, -0.1) is 0 Å². The molecular formula is C12H8ClF2N3S. The predicted octanol–water partition coefficient (Wildman–Crippen LogP) is 3.45. The molecule has 0 amide bonds. The Bertz CT molecular complexity index is 608. The predicted molar refractivity (Wildman–Crippen MR) is 70.7 cm³/mol. The van der Waals surface area contributed by atoms with E-state index in [0.29, 0.717) is 10.0 Å². The summed E-state index contributed by atoms with van der Waals surface area (Å²) in [4.78, 5) is 3.75. The number of amidine groups is 1. The molecule has 0 spiro atoms. The summed E-state index contributed by atoms with van der Waals surface area (Å²) >= 11 is 6.51. The first kappa shape index (κ1) is 13.8. The van der Waals surface area contributed by atoms with Crippen molar-refractivity contribution in [2.75, 3.05) is 0 Å². The molecule has 1 aromatic carbocycles. The van der Waals surface area contributed by atoms with Gasteiger partial charge in [0, 0.05) is 11.8 Å². The number of benzene rings is 1. The van der Waals surface area contributed by atoms with Crippen molar-refractivity contribution in [1.82, 2.24) is 4.98 Å². The molecule has 98 valence electrons. The largest absolute Gasteiger partial charge is 0.384 e. The molecule has 0 aliphatic rings. The monoisotopic (exact) mass is 299 g/mol. The van der Waals surface area contributed by atoms with Crippen LogP contribution in [0.2, 0.25) is 5.02 Å². The molecule has 0 bridgehead atoms. The zero-order valence-electron chi connectivity index (χ0n) is 9.45. The van der Waals surface area contributed by atoms with Crippen molar-refractivity contribution in [2.24, 2.45) is 5.73 Å². The van der Waals surface area contributed by atoms with Crippen LogP contribution in [0, 0.1) is 17.0 Å². The summed E-state index contributed by atoms with van der Waals surface area (Å²) < 4.78 is 27.5. The quantitative estimate of drug-likeness (QED) is 0.674. The Morgan fingerprint density at radius 2 is 1.89 bits per heavy atom. The number of nitrogens with one attached hydrogen (secondary N) is 1. The highest BCUT2D eigenvalue weighted by Gasteiger charge is 2.14. The maximum Gasteiger partial charge on any atom is 0.140 e. The average Bonchev–Trinajstić information content (AvgIpc) is 2.35. The summed E-state index contributed by atoms with van der Waals surface area (Å²) in [5, 5.41) is 8.01. The highest BCUT2D eigenvalue weighted by Crippen LogP contribution is 2.31. The number of hydrogen-bond acceptors (Lipinski definition) is 3. The van der Waals surface area contributed by atoms with Crippen LogP contribution in [0.4, 0.5) is 8.78 Å². The molecule has 1 aromatic heterocycles. The number of nitrogen functional groups attached to an aromatic ring is 1. The molecule has 0 fully saturated rings. The van der Waals surface area contributed by atoms with Gasteiger partial charge in [0.05, 0.1) is 9.92 Å². The first-order valence-electron chi connectivity index (χ1n) is 5.10. The molecule has 3 nitrogen and oxygen atoms in total. The average molecular weight is 300 g/mol. The number of hydrogen-bond donors (Lipinski definition) is 2. The number of nitrogens with two attached hydrogens (primary N) is 1. The summed E-state index contributed by atoms with van der Waals surface area (Å²) in [6.07, 6.45) is 1.39. The van der Waals surface area contributed by atoms with Gasteiger partial charge in [-0.1, -0.05) is 23.4 Å². The Balaban J connectivity index is 2.35. The topological polar surface area (TPSA) is 62.8 Å². The summed E-state index contributed by atoms with van der Waals surface area (Å²) in [7, 11) is 0. The van der Waals surface area contributed by atoms with Crippen LogP contribution in [-0.4, -0.2) is 10.8 Å². The summed E-state index contributed by atoms with van der Waals surface area (Å²) in [6, 6.07) is 5.18. The highest BCUT2D eigenvalue weighted by molar-refractivity contribution is 7.99. The Labute approximate surface area is 117 Å². The van der Waals surface area contributed by atoms with Crippen LogP contribution >= 0.6 is 23.4 Å². The van der Waals surface area contributed by atoms with E-state index in [1.54, 1.807) is 12.1 Å². The smallest absolute Gasteiger partial charge is 0.140 e. The van der Waals surface area contributed by atoms with Gasteiger partial charge >= 0.3 is 0 Å². The lowest BCUT2D eigenvalue weighted by Gasteiger charge is -2.06. The zero-order chi connectivity index (χ0) is 14.0. The second-order valence-electron chi connectivity index (χ2n) is 3.60. The molecule has 7 heteroatoms. The molecule has 0 aliphatic heterocycles. The minimum absolute atomic E-state index is 0.00316. The lowest BCUT2D eigenvalue weighted by atomic mass is 10.2. The maximum atomic E-state index is 13.8. The molecule has 19 heavy (non-hydrogen) atoms. The van der Waals surface area contributed by atoms with Crippen LogP contribution in [0.5, 0.6) is 0 Å². The number of pyridine rings is 1. The molecule has 0 saturated heterocycles. The summed E-state index contributed by atoms with van der Waals surface area (Å²) in [6.45, 7) is 0. The lowest BCUT2D eigenvalue weighted by molar-refractivity contribution is 0.540. The van der Waals surface area contributed by atoms with Gasteiger partial charge in [-0.25, -0.2) is 13.8 Å². The van der Waals surface area contributed by atoms with Gasteiger partial charge in [-0.2, -0.15) is 0 Å². The lowest BCUT2D eigenvalue weighted by Crippen LogP contribution is -2.12. The molecule has 2 rings (SSSR count). The first-order valence-corrected chi connectivity index (χ1v) is 6.29. The molecule has 0 atom stereocenters. The summed E-state index contributed by atoms with van der Waals surface area (Å²) in [5.41, 5.74) is 5.19. The van der Waals surface area contributed by atoms with Crippen molar-refractivity contribution in [1.29, 1.82) is 5.41 Å². The normalized spacial score (nSPS) is 10.5. The molecule has 2 aromatic rings. The van der Waals surface area contributed by atoms with Gasteiger partial charge in [-0.3, -0.25) is 5.41 Å². The van der Waals surface area contributed by atoms with Crippen molar-refractivity contribution in [3.05, 3.63) is 52.7 Å². The Morgan fingerprint density at radius 3 is 2.37 bits per heavy atom. The SMILES string of the molecule is N=C(N)c1cc(F)c(Sc2ccc(Cl)cn2)c(F)c1. The van der Waals surface area contributed by atoms with Crippen LogP contribution < -0.4 is 5.73 Å². The molecule has 3 N–H and O–H groups in total. The maximum absolute atomic E-state index is 13.8. The molecular weight excluding hydrogens is 292 g/mol. The fourth-order valence-electron chi connectivity index (χ4n) is 1.34. The van der Waals surface area contributed by atoms with E-state index in [9.17, 15) is 8.78 Å². The van der Waals surface area contributed by atoms with Gasteiger partial charge in [-0.05, 0) is 24.3 Å². The Morgan fingerprint density at radius 1 is 1.26 bits per heavy atom. The fourth-order valence-corrected chi connectivity index (χ4v) is 2.22. The summed E-state index contributed by atoms with van der Waals surface area (Å²) in [5.74, 6) is -1.96. The third-order valence-electron chi connectivity index (χ3n) is 2.22.